The van der Waals surface area contributed by atoms with Gasteiger partial charge in [0, 0.05) is 16.7 Å². The van der Waals surface area contributed by atoms with Gasteiger partial charge in [-0.3, -0.25) is 9.59 Å². The molecule has 6 nitrogen and oxygen atoms in total. The quantitative estimate of drug-likeness (QED) is 0.830. The summed E-state index contributed by atoms with van der Waals surface area (Å²) in [5, 5.41) is 16.2. The molecule has 1 heterocycles. The minimum Gasteiger partial charge on any atom is -0.481 e. The lowest BCUT2D eigenvalue weighted by Gasteiger charge is -2.33. The van der Waals surface area contributed by atoms with Gasteiger partial charge in [0.05, 0.1) is 12.0 Å². The van der Waals surface area contributed by atoms with Crippen LogP contribution in [0.5, 0.6) is 0 Å². The number of halogens is 1. The van der Waals surface area contributed by atoms with Crippen LogP contribution in [0.15, 0.2) is 34.9 Å². The Labute approximate surface area is 144 Å². The number of carbonyl (C=O) groups excluding carboxylic acids is 1. The van der Waals surface area contributed by atoms with Gasteiger partial charge in [0.25, 0.3) is 5.91 Å². The number of carbonyl (C=O) groups is 2. The molecule has 0 spiro atoms. The van der Waals surface area contributed by atoms with Crippen LogP contribution in [-0.4, -0.2) is 27.7 Å². The van der Waals surface area contributed by atoms with Crippen molar-refractivity contribution in [1.29, 1.82) is 0 Å². The van der Waals surface area contributed by atoms with E-state index in [9.17, 15) is 9.59 Å². The number of nitrogens with one attached hydrogen (secondary N) is 1. The monoisotopic (exact) mass is 350 g/mol. The zero-order chi connectivity index (χ0) is 17.9. The Hall–Kier alpha value is -2.34. The third-order valence-electron chi connectivity index (χ3n) is 4.06. The van der Waals surface area contributed by atoms with Crippen molar-refractivity contribution in [3.8, 4) is 11.3 Å². The molecule has 1 amide bonds. The average molecular weight is 351 g/mol. The first kappa shape index (κ1) is 18.0. The third-order valence-corrected chi connectivity index (χ3v) is 4.32. The van der Waals surface area contributed by atoms with Crippen molar-refractivity contribution in [2.24, 2.45) is 5.92 Å². The molecule has 0 radical (unpaired) electrons. The maximum absolute atomic E-state index is 12.4. The van der Waals surface area contributed by atoms with Crippen LogP contribution in [0, 0.1) is 5.92 Å². The maximum Gasteiger partial charge on any atom is 0.305 e. The van der Waals surface area contributed by atoms with E-state index >= 15 is 0 Å². The van der Waals surface area contributed by atoms with Crippen LogP contribution in [0.4, 0.5) is 0 Å². The predicted molar refractivity (Wildman–Crippen MR) is 89.9 cm³/mol. The van der Waals surface area contributed by atoms with Gasteiger partial charge >= 0.3 is 5.97 Å². The molecule has 0 saturated heterocycles. The number of hydrogen-bond donors (Lipinski definition) is 2. The summed E-state index contributed by atoms with van der Waals surface area (Å²) in [7, 11) is 0. The van der Waals surface area contributed by atoms with Gasteiger partial charge in [0.1, 0.15) is 0 Å². The Kier molecular flexibility index (Phi) is 5.29. The molecule has 1 unspecified atom stereocenters. The van der Waals surface area contributed by atoms with Crippen LogP contribution in [-0.2, 0) is 4.79 Å². The van der Waals surface area contributed by atoms with Gasteiger partial charge in [-0.15, -0.1) is 0 Å². The second-order valence-electron chi connectivity index (χ2n) is 6.18. The Balaban J connectivity index is 2.18. The molecule has 1 aromatic carbocycles. The number of benzene rings is 1. The Morgan fingerprint density at radius 3 is 2.50 bits per heavy atom. The van der Waals surface area contributed by atoms with Crippen LogP contribution in [0.3, 0.4) is 0 Å². The third kappa shape index (κ3) is 4.14. The van der Waals surface area contributed by atoms with E-state index in [1.54, 1.807) is 31.2 Å². The Morgan fingerprint density at radius 2 is 1.96 bits per heavy atom. The van der Waals surface area contributed by atoms with E-state index in [0.717, 1.165) is 5.56 Å². The number of hydrogen-bond acceptors (Lipinski definition) is 4. The normalized spacial score (nSPS) is 13.5. The van der Waals surface area contributed by atoms with Crippen LogP contribution in [0.2, 0.25) is 5.02 Å². The zero-order valence-corrected chi connectivity index (χ0v) is 14.4. The van der Waals surface area contributed by atoms with E-state index in [-0.39, 0.29) is 18.0 Å². The lowest BCUT2D eigenvalue weighted by atomic mass is 9.85. The van der Waals surface area contributed by atoms with Gasteiger partial charge in [-0.25, -0.2) is 0 Å². The first-order chi connectivity index (χ1) is 11.2. The van der Waals surface area contributed by atoms with E-state index in [2.05, 4.69) is 10.5 Å². The average Bonchev–Trinajstić information content (AvgIpc) is 2.96. The highest BCUT2D eigenvalue weighted by Crippen LogP contribution is 2.24. The highest BCUT2D eigenvalue weighted by Gasteiger charge is 2.33. The summed E-state index contributed by atoms with van der Waals surface area (Å²) in [5.41, 5.74) is -0.0530. The number of rotatable bonds is 6. The van der Waals surface area contributed by atoms with Crippen molar-refractivity contribution >= 4 is 23.5 Å². The van der Waals surface area contributed by atoms with Gasteiger partial charge in [0.15, 0.2) is 11.5 Å². The van der Waals surface area contributed by atoms with E-state index < -0.39 is 17.4 Å². The van der Waals surface area contributed by atoms with Gasteiger partial charge in [-0.2, -0.15) is 0 Å². The van der Waals surface area contributed by atoms with Crippen molar-refractivity contribution < 1.29 is 19.2 Å². The second-order valence-corrected chi connectivity index (χ2v) is 6.62. The molecule has 2 N–H and O–H groups in total. The van der Waals surface area contributed by atoms with Gasteiger partial charge < -0.3 is 14.9 Å². The molecule has 0 aliphatic carbocycles. The minimum absolute atomic E-state index is 0.0693. The maximum atomic E-state index is 12.4. The van der Waals surface area contributed by atoms with Crippen molar-refractivity contribution in [2.75, 3.05) is 0 Å². The summed E-state index contributed by atoms with van der Waals surface area (Å²) in [4.78, 5) is 23.5. The summed E-state index contributed by atoms with van der Waals surface area (Å²) in [5.74, 6) is -1.09. The second kappa shape index (κ2) is 7.05. The van der Waals surface area contributed by atoms with E-state index in [1.165, 1.54) is 6.07 Å². The first-order valence-electron chi connectivity index (χ1n) is 7.48. The molecule has 24 heavy (non-hydrogen) atoms. The van der Waals surface area contributed by atoms with E-state index in [1.807, 2.05) is 13.8 Å². The SMILES string of the molecule is CC(C)C(C)(CC(=O)O)NC(=O)c1cc(-c2ccc(Cl)cc2)on1. The molecule has 0 fully saturated rings. The van der Waals surface area contributed by atoms with Gasteiger partial charge in [-0.1, -0.05) is 30.6 Å². The molecular weight excluding hydrogens is 332 g/mol. The molecule has 0 aliphatic heterocycles. The summed E-state index contributed by atoms with van der Waals surface area (Å²) in [6.07, 6.45) is -0.182. The minimum atomic E-state index is -0.978. The summed E-state index contributed by atoms with van der Waals surface area (Å²) in [6.45, 7) is 5.40. The highest BCUT2D eigenvalue weighted by molar-refractivity contribution is 6.30. The molecule has 0 aliphatic rings. The van der Waals surface area contributed by atoms with Gasteiger partial charge in [-0.05, 0) is 37.1 Å². The molecule has 2 rings (SSSR count). The fourth-order valence-corrected chi connectivity index (χ4v) is 2.29. The largest absolute Gasteiger partial charge is 0.481 e. The molecule has 0 saturated carbocycles. The topological polar surface area (TPSA) is 92.4 Å². The molecule has 2 aromatic rings. The highest BCUT2D eigenvalue weighted by atomic mass is 35.5. The van der Waals surface area contributed by atoms with E-state index in [0.29, 0.717) is 10.8 Å². The molecule has 7 heteroatoms. The molecule has 0 bridgehead atoms. The fraction of sp³-hybridized carbons (Fsp3) is 0.353. The predicted octanol–water partition coefficient (Wildman–Crippen LogP) is 3.61. The van der Waals surface area contributed by atoms with Crippen LogP contribution in [0.25, 0.3) is 11.3 Å². The first-order valence-corrected chi connectivity index (χ1v) is 7.86. The summed E-state index contributed by atoms with van der Waals surface area (Å²) >= 11 is 5.84. The standard InChI is InChI=1S/C17H19ClN2O4/c1-10(2)17(3,9-15(21)22)19-16(23)13-8-14(24-20-13)11-4-6-12(18)7-5-11/h4-8,10H,9H2,1-3H3,(H,19,23)(H,21,22). The molecule has 1 aromatic heterocycles. The molecule has 128 valence electrons. The number of aliphatic carboxylic acids is 1. The van der Waals surface area contributed by atoms with E-state index in [4.69, 9.17) is 21.2 Å². The number of nitrogens with zero attached hydrogens (tertiary/aromatic N) is 1. The Morgan fingerprint density at radius 1 is 1.33 bits per heavy atom. The Bertz CT molecular complexity index is 739. The lowest BCUT2D eigenvalue weighted by Crippen LogP contribution is -2.51. The number of carboxylic acids is 1. The lowest BCUT2D eigenvalue weighted by molar-refractivity contribution is -0.138. The van der Waals surface area contributed by atoms with Crippen molar-refractivity contribution in [3.05, 3.63) is 41.0 Å². The fourth-order valence-electron chi connectivity index (χ4n) is 2.16. The number of carboxylic acid groups (broad SMARTS) is 1. The van der Waals surface area contributed by atoms with Crippen molar-refractivity contribution in [2.45, 2.75) is 32.7 Å². The van der Waals surface area contributed by atoms with Crippen molar-refractivity contribution in [1.82, 2.24) is 10.5 Å². The number of amides is 1. The van der Waals surface area contributed by atoms with Crippen LogP contribution in [0.1, 0.15) is 37.7 Å². The van der Waals surface area contributed by atoms with Gasteiger partial charge in [0.2, 0.25) is 0 Å². The van der Waals surface area contributed by atoms with Crippen molar-refractivity contribution in [3.63, 3.8) is 0 Å². The smallest absolute Gasteiger partial charge is 0.305 e. The molecular formula is C17H19ClN2O4. The van der Waals surface area contributed by atoms with Crippen LogP contribution < -0.4 is 5.32 Å². The number of aromatic nitrogens is 1. The summed E-state index contributed by atoms with van der Waals surface area (Å²) < 4.78 is 5.20. The zero-order valence-electron chi connectivity index (χ0n) is 13.7. The molecule has 1 atom stereocenters. The van der Waals surface area contributed by atoms with Crippen LogP contribution >= 0.6 is 11.6 Å². The summed E-state index contributed by atoms with van der Waals surface area (Å²) in [6, 6.07) is 8.45.